The van der Waals surface area contributed by atoms with Crippen LogP contribution < -0.4 is 5.73 Å². The van der Waals surface area contributed by atoms with Gasteiger partial charge in [0, 0.05) is 5.92 Å². The minimum absolute atomic E-state index is 0.104. The predicted octanol–water partition coefficient (Wildman–Crippen LogP) is 1.32. The number of hydrogen-bond donors (Lipinski definition) is 1. The zero-order valence-corrected chi connectivity index (χ0v) is 6.63. The molecule has 1 rings (SSSR count). The number of amides is 1. The minimum atomic E-state index is -0.185. The molecule has 10 heavy (non-hydrogen) atoms. The molecule has 2 atom stereocenters. The van der Waals surface area contributed by atoms with Crippen molar-refractivity contribution in [1.29, 1.82) is 0 Å². The van der Waals surface area contributed by atoms with E-state index in [1.54, 1.807) is 6.08 Å². The van der Waals surface area contributed by atoms with Crippen LogP contribution in [0, 0.1) is 11.8 Å². The Morgan fingerprint density at radius 1 is 1.70 bits per heavy atom. The highest BCUT2D eigenvalue weighted by molar-refractivity contribution is 5.80. The normalized spacial score (nSPS) is 27.8. The molecule has 0 heterocycles. The second-order valence-electron chi connectivity index (χ2n) is 2.14. The number of rotatable bonds is 2. The van der Waals surface area contributed by atoms with E-state index in [1.165, 1.54) is 0 Å². The lowest BCUT2D eigenvalue weighted by atomic mass is 10.3. The lowest BCUT2D eigenvalue weighted by Gasteiger charge is -1.82. The molecule has 1 fully saturated rings. The average Bonchev–Trinajstić information content (AvgIpc) is 2.70. The van der Waals surface area contributed by atoms with Gasteiger partial charge in [-0.1, -0.05) is 19.9 Å². The van der Waals surface area contributed by atoms with E-state index in [0.29, 0.717) is 5.92 Å². The monoisotopic (exact) mass is 141 g/mol. The molecule has 0 aliphatic heterocycles. The molecule has 0 unspecified atom stereocenters. The zero-order valence-electron chi connectivity index (χ0n) is 6.63. The van der Waals surface area contributed by atoms with Crippen LogP contribution in [0.15, 0.2) is 12.7 Å². The van der Waals surface area contributed by atoms with Gasteiger partial charge in [-0.2, -0.15) is 0 Å². The lowest BCUT2D eigenvalue weighted by Crippen LogP contribution is -2.13. The van der Waals surface area contributed by atoms with Crippen molar-refractivity contribution in [1.82, 2.24) is 0 Å². The van der Waals surface area contributed by atoms with Crippen LogP contribution in [-0.4, -0.2) is 5.91 Å². The summed E-state index contributed by atoms with van der Waals surface area (Å²) in [4.78, 5) is 10.3. The highest BCUT2D eigenvalue weighted by atomic mass is 16.1. The SMILES string of the molecule is C=C[C@@H]1C[C@@H]1C(N)=O.CC. The van der Waals surface area contributed by atoms with E-state index in [0.717, 1.165) is 6.42 Å². The van der Waals surface area contributed by atoms with Crippen LogP contribution in [0.3, 0.4) is 0 Å². The zero-order chi connectivity index (χ0) is 8.15. The summed E-state index contributed by atoms with van der Waals surface area (Å²) in [5.74, 6) is 0.301. The quantitative estimate of drug-likeness (QED) is 0.579. The van der Waals surface area contributed by atoms with Crippen molar-refractivity contribution in [2.45, 2.75) is 20.3 Å². The van der Waals surface area contributed by atoms with Crippen molar-refractivity contribution < 1.29 is 4.79 Å². The van der Waals surface area contributed by atoms with Gasteiger partial charge in [0.15, 0.2) is 0 Å². The molecule has 1 amide bonds. The summed E-state index contributed by atoms with van der Waals surface area (Å²) in [5, 5.41) is 0. The fraction of sp³-hybridized carbons (Fsp3) is 0.625. The molecular weight excluding hydrogens is 126 g/mol. The van der Waals surface area contributed by atoms with E-state index in [4.69, 9.17) is 5.73 Å². The van der Waals surface area contributed by atoms with Crippen molar-refractivity contribution in [3.8, 4) is 0 Å². The Morgan fingerprint density at radius 2 is 2.20 bits per heavy atom. The van der Waals surface area contributed by atoms with E-state index in [2.05, 4.69) is 6.58 Å². The number of nitrogens with two attached hydrogens (primary N) is 1. The third-order valence-electron chi connectivity index (χ3n) is 1.51. The number of hydrogen-bond acceptors (Lipinski definition) is 1. The maximum absolute atomic E-state index is 10.3. The van der Waals surface area contributed by atoms with Gasteiger partial charge in [-0.15, -0.1) is 6.58 Å². The molecule has 0 radical (unpaired) electrons. The molecule has 2 nitrogen and oxygen atoms in total. The van der Waals surface area contributed by atoms with Crippen LogP contribution >= 0.6 is 0 Å². The molecular formula is C8H15NO. The van der Waals surface area contributed by atoms with Crippen LogP contribution in [0.5, 0.6) is 0 Å². The Bertz CT molecular complexity index is 131. The summed E-state index contributed by atoms with van der Waals surface area (Å²) >= 11 is 0. The Balaban J connectivity index is 0.000000371. The lowest BCUT2D eigenvalue weighted by molar-refractivity contribution is -0.119. The Hall–Kier alpha value is -0.790. The Morgan fingerprint density at radius 3 is 2.30 bits per heavy atom. The van der Waals surface area contributed by atoms with E-state index in [9.17, 15) is 4.79 Å². The first-order valence-corrected chi connectivity index (χ1v) is 3.67. The van der Waals surface area contributed by atoms with Gasteiger partial charge < -0.3 is 5.73 Å². The number of carbonyl (C=O) groups is 1. The summed E-state index contributed by atoms with van der Waals surface area (Å²) in [6.45, 7) is 7.55. The van der Waals surface area contributed by atoms with E-state index in [-0.39, 0.29) is 11.8 Å². The summed E-state index contributed by atoms with van der Waals surface area (Å²) in [7, 11) is 0. The van der Waals surface area contributed by atoms with E-state index < -0.39 is 0 Å². The van der Waals surface area contributed by atoms with Crippen molar-refractivity contribution >= 4 is 5.91 Å². The fourth-order valence-electron chi connectivity index (χ4n) is 0.802. The van der Waals surface area contributed by atoms with Crippen molar-refractivity contribution in [2.75, 3.05) is 0 Å². The van der Waals surface area contributed by atoms with Crippen LogP contribution in [0.1, 0.15) is 20.3 Å². The predicted molar refractivity (Wildman–Crippen MR) is 42.3 cm³/mol. The highest BCUT2D eigenvalue weighted by Gasteiger charge is 2.38. The molecule has 58 valence electrons. The molecule has 1 saturated carbocycles. The maximum Gasteiger partial charge on any atom is 0.221 e. The fourth-order valence-corrected chi connectivity index (χ4v) is 0.802. The molecule has 0 spiro atoms. The van der Waals surface area contributed by atoms with Crippen molar-refractivity contribution in [3.63, 3.8) is 0 Å². The van der Waals surface area contributed by atoms with Gasteiger partial charge in [0.1, 0.15) is 0 Å². The average molecular weight is 141 g/mol. The molecule has 0 aromatic heterocycles. The molecule has 1 aliphatic carbocycles. The number of primary amides is 1. The number of allylic oxidation sites excluding steroid dienone is 1. The Labute approximate surface area is 62.1 Å². The summed E-state index contributed by atoms with van der Waals surface area (Å²) in [5.41, 5.74) is 4.98. The van der Waals surface area contributed by atoms with Crippen molar-refractivity contribution in [2.24, 2.45) is 17.6 Å². The van der Waals surface area contributed by atoms with E-state index in [1.807, 2.05) is 13.8 Å². The Kier molecular flexibility index (Phi) is 3.77. The molecule has 2 N–H and O–H groups in total. The minimum Gasteiger partial charge on any atom is -0.369 e. The molecule has 0 bridgehead atoms. The first-order chi connectivity index (χ1) is 4.75. The first-order valence-electron chi connectivity index (χ1n) is 3.67. The van der Waals surface area contributed by atoms with E-state index >= 15 is 0 Å². The van der Waals surface area contributed by atoms with Gasteiger partial charge in [0.25, 0.3) is 0 Å². The van der Waals surface area contributed by atoms with Gasteiger partial charge in [-0.05, 0) is 12.3 Å². The van der Waals surface area contributed by atoms with Gasteiger partial charge in [0.05, 0.1) is 0 Å². The van der Waals surface area contributed by atoms with Crippen molar-refractivity contribution in [3.05, 3.63) is 12.7 Å². The first kappa shape index (κ1) is 9.21. The standard InChI is InChI=1S/C6H9NO.C2H6/c1-2-4-3-5(4)6(7)8;1-2/h2,4-5H,1,3H2,(H2,7,8);1-2H3/t4-,5+;/m1./s1. The maximum atomic E-state index is 10.3. The molecule has 2 heteroatoms. The molecule has 0 saturated heterocycles. The third kappa shape index (κ3) is 2.21. The largest absolute Gasteiger partial charge is 0.369 e. The van der Waals surface area contributed by atoms with Gasteiger partial charge in [0.2, 0.25) is 5.91 Å². The van der Waals surface area contributed by atoms with Crippen LogP contribution in [-0.2, 0) is 4.79 Å². The summed E-state index contributed by atoms with van der Waals surface area (Å²) < 4.78 is 0. The van der Waals surface area contributed by atoms with Crippen LogP contribution in [0.2, 0.25) is 0 Å². The molecule has 0 aromatic rings. The third-order valence-corrected chi connectivity index (χ3v) is 1.51. The topological polar surface area (TPSA) is 43.1 Å². The van der Waals surface area contributed by atoms with Crippen LogP contribution in [0.4, 0.5) is 0 Å². The second-order valence-corrected chi connectivity index (χ2v) is 2.14. The number of carbonyl (C=O) groups excluding carboxylic acids is 1. The second kappa shape index (κ2) is 4.09. The van der Waals surface area contributed by atoms with Crippen LogP contribution in [0.25, 0.3) is 0 Å². The summed E-state index contributed by atoms with van der Waals surface area (Å²) in [6.07, 6.45) is 2.70. The van der Waals surface area contributed by atoms with Gasteiger partial charge >= 0.3 is 0 Å². The smallest absolute Gasteiger partial charge is 0.221 e. The highest BCUT2D eigenvalue weighted by Crippen LogP contribution is 2.38. The summed E-state index contributed by atoms with van der Waals surface area (Å²) in [6, 6.07) is 0. The van der Waals surface area contributed by atoms with Gasteiger partial charge in [-0.3, -0.25) is 4.79 Å². The van der Waals surface area contributed by atoms with Gasteiger partial charge in [-0.25, -0.2) is 0 Å². The molecule has 0 aromatic carbocycles. The molecule has 1 aliphatic rings.